The van der Waals surface area contributed by atoms with Gasteiger partial charge in [-0.2, -0.15) is 0 Å². The molecule has 6 heteroatoms. The highest BCUT2D eigenvalue weighted by Gasteiger charge is 2.28. The Morgan fingerprint density at radius 1 is 1.35 bits per heavy atom. The zero-order chi connectivity index (χ0) is 16.2. The van der Waals surface area contributed by atoms with E-state index in [1.165, 1.54) is 4.57 Å². The Hall–Kier alpha value is -1.92. The zero-order valence-electron chi connectivity index (χ0n) is 13.1. The summed E-state index contributed by atoms with van der Waals surface area (Å²) in [5.41, 5.74) is -0.0150. The number of thiophene rings is 1. The van der Waals surface area contributed by atoms with Crippen LogP contribution in [-0.4, -0.2) is 34.6 Å². The number of carbonyl (C=O) groups excluding carboxylic acids is 1. The van der Waals surface area contributed by atoms with Gasteiger partial charge in [-0.15, -0.1) is 11.3 Å². The number of hydrogen-bond acceptors (Lipinski definition) is 4. The molecule has 122 valence electrons. The molecule has 0 radical (unpaired) electrons. The molecule has 0 N–H and O–H groups in total. The lowest BCUT2D eigenvalue weighted by Gasteiger charge is -2.34. The molecule has 2 aromatic heterocycles. The highest BCUT2D eigenvalue weighted by molar-refractivity contribution is 7.09. The molecule has 0 bridgehead atoms. The topological polar surface area (TPSA) is 51.5 Å². The third kappa shape index (κ3) is 3.54. The molecule has 0 spiro atoms. The molecule has 1 aliphatic heterocycles. The summed E-state index contributed by atoms with van der Waals surface area (Å²) in [6.07, 6.45) is 3.28. The fourth-order valence-corrected chi connectivity index (χ4v) is 3.55. The minimum Gasteiger partial charge on any atom is -0.381 e. The number of pyridine rings is 1. The van der Waals surface area contributed by atoms with Crippen LogP contribution in [0, 0.1) is 0 Å². The molecule has 3 rings (SSSR count). The van der Waals surface area contributed by atoms with Crippen molar-refractivity contribution >= 4 is 17.2 Å². The van der Waals surface area contributed by atoms with E-state index in [-0.39, 0.29) is 23.1 Å². The van der Waals surface area contributed by atoms with E-state index in [2.05, 4.69) is 0 Å². The van der Waals surface area contributed by atoms with Crippen LogP contribution in [0.4, 0.5) is 0 Å². The molecule has 0 atom stereocenters. The first kappa shape index (κ1) is 16.0. The summed E-state index contributed by atoms with van der Waals surface area (Å²) in [5.74, 6) is -0.188. The van der Waals surface area contributed by atoms with Gasteiger partial charge in [0.25, 0.3) is 11.5 Å². The molecule has 2 aromatic rings. The molecule has 5 nitrogen and oxygen atoms in total. The highest BCUT2D eigenvalue weighted by Crippen LogP contribution is 2.21. The summed E-state index contributed by atoms with van der Waals surface area (Å²) in [4.78, 5) is 28.3. The largest absolute Gasteiger partial charge is 0.381 e. The number of amides is 1. The third-order valence-corrected chi connectivity index (χ3v) is 5.01. The Labute approximate surface area is 139 Å². The maximum Gasteiger partial charge on any atom is 0.263 e. The van der Waals surface area contributed by atoms with Crippen molar-refractivity contribution in [3.05, 3.63) is 56.6 Å². The van der Waals surface area contributed by atoms with Crippen LogP contribution in [0.15, 0.2) is 40.6 Å². The summed E-state index contributed by atoms with van der Waals surface area (Å²) in [5, 5.41) is 2.00. The average Bonchev–Trinajstić information content (AvgIpc) is 3.08. The molecule has 1 saturated heterocycles. The summed E-state index contributed by atoms with van der Waals surface area (Å²) in [6.45, 7) is 1.86. The fourth-order valence-electron chi connectivity index (χ4n) is 2.85. The Morgan fingerprint density at radius 2 is 2.13 bits per heavy atom. The van der Waals surface area contributed by atoms with Gasteiger partial charge in [-0.25, -0.2) is 0 Å². The third-order valence-electron chi connectivity index (χ3n) is 4.15. The predicted octanol–water partition coefficient (Wildman–Crippen LogP) is 2.27. The second-order valence-corrected chi connectivity index (χ2v) is 6.73. The van der Waals surface area contributed by atoms with E-state index < -0.39 is 0 Å². The maximum absolute atomic E-state index is 13.0. The van der Waals surface area contributed by atoms with Crippen molar-refractivity contribution < 1.29 is 9.53 Å². The standard InChI is InChI=1S/C17H20N2O3S/c1-18-8-2-5-15(16(18)20)17(21)19(12-14-4-3-11-23-14)13-6-9-22-10-7-13/h2-5,8,11,13H,6-7,9-10,12H2,1H3. The van der Waals surface area contributed by atoms with Crippen LogP contribution < -0.4 is 5.56 Å². The van der Waals surface area contributed by atoms with Gasteiger partial charge in [-0.05, 0) is 36.4 Å². The summed E-state index contributed by atoms with van der Waals surface area (Å²) in [7, 11) is 1.66. The number of carbonyl (C=O) groups is 1. The van der Waals surface area contributed by atoms with E-state index in [4.69, 9.17) is 4.74 Å². The van der Waals surface area contributed by atoms with E-state index in [0.717, 1.165) is 17.7 Å². The number of hydrogen-bond donors (Lipinski definition) is 0. The molecule has 0 aliphatic carbocycles. The molecular weight excluding hydrogens is 312 g/mol. The Balaban J connectivity index is 1.91. The van der Waals surface area contributed by atoms with E-state index in [9.17, 15) is 9.59 Å². The van der Waals surface area contributed by atoms with Crippen molar-refractivity contribution in [2.75, 3.05) is 13.2 Å². The van der Waals surface area contributed by atoms with Crippen LogP contribution in [-0.2, 0) is 18.3 Å². The van der Waals surface area contributed by atoms with Crippen molar-refractivity contribution in [1.29, 1.82) is 0 Å². The summed E-state index contributed by atoms with van der Waals surface area (Å²) < 4.78 is 6.86. The number of rotatable bonds is 4. The first-order valence-corrected chi connectivity index (χ1v) is 8.61. The molecule has 1 amide bonds. The molecule has 3 heterocycles. The van der Waals surface area contributed by atoms with E-state index in [1.54, 1.807) is 36.7 Å². The summed E-state index contributed by atoms with van der Waals surface area (Å²) in [6, 6.07) is 7.47. The number of aryl methyl sites for hydroxylation is 1. The minimum atomic E-state index is -0.249. The van der Waals surface area contributed by atoms with Crippen LogP contribution in [0.3, 0.4) is 0 Å². The molecule has 1 fully saturated rings. The SMILES string of the molecule is Cn1cccc(C(=O)N(Cc2cccs2)C2CCOCC2)c1=O. The predicted molar refractivity (Wildman–Crippen MR) is 89.7 cm³/mol. The van der Waals surface area contributed by atoms with E-state index >= 15 is 0 Å². The fraction of sp³-hybridized carbons (Fsp3) is 0.412. The van der Waals surface area contributed by atoms with E-state index in [0.29, 0.717) is 19.8 Å². The lowest BCUT2D eigenvalue weighted by Crippen LogP contribution is -2.44. The van der Waals surface area contributed by atoms with Crippen molar-refractivity contribution in [2.24, 2.45) is 7.05 Å². The van der Waals surface area contributed by atoms with Crippen LogP contribution in [0.25, 0.3) is 0 Å². The number of nitrogens with zero attached hydrogens (tertiary/aromatic N) is 2. The second-order valence-electron chi connectivity index (χ2n) is 5.69. The van der Waals surface area contributed by atoms with Gasteiger partial charge in [0, 0.05) is 37.4 Å². The molecule has 1 aliphatic rings. The molecule has 0 unspecified atom stereocenters. The van der Waals surface area contributed by atoms with Crippen LogP contribution >= 0.6 is 11.3 Å². The van der Waals surface area contributed by atoms with Crippen LogP contribution in [0.1, 0.15) is 28.1 Å². The van der Waals surface area contributed by atoms with Gasteiger partial charge < -0.3 is 14.2 Å². The Morgan fingerprint density at radius 3 is 2.83 bits per heavy atom. The molecule has 0 saturated carbocycles. The molecule has 23 heavy (non-hydrogen) atoms. The normalized spacial score (nSPS) is 15.5. The Bertz CT molecular complexity index is 718. The van der Waals surface area contributed by atoms with Gasteiger partial charge >= 0.3 is 0 Å². The summed E-state index contributed by atoms with van der Waals surface area (Å²) >= 11 is 1.63. The monoisotopic (exact) mass is 332 g/mol. The first-order chi connectivity index (χ1) is 11.2. The van der Waals surface area contributed by atoms with Crippen molar-refractivity contribution in [3.8, 4) is 0 Å². The van der Waals surface area contributed by atoms with Crippen molar-refractivity contribution in [2.45, 2.75) is 25.4 Å². The zero-order valence-corrected chi connectivity index (χ0v) is 13.9. The lowest BCUT2D eigenvalue weighted by molar-refractivity contribution is 0.0268. The first-order valence-electron chi connectivity index (χ1n) is 7.73. The van der Waals surface area contributed by atoms with Gasteiger partial charge in [-0.3, -0.25) is 9.59 Å². The lowest BCUT2D eigenvalue weighted by atomic mass is 10.1. The second kappa shape index (κ2) is 7.10. The molecule has 0 aromatic carbocycles. The highest BCUT2D eigenvalue weighted by atomic mass is 32.1. The smallest absolute Gasteiger partial charge is 0.263 e. The van der Waals surface area contributed by atoms with E-state index in [1.807, 2.05) is 22.4 Å². The molecular formula is C17H20N2O3S. The van der Waals surface area contributed by atoms with Crippen LogP contribution in [0.2, 0.25) is 0 Å². The number of aromatic nitrogens is 1. The average molecular weight is 332 g/mol. The van der Waals surface area contributed by atoms with Crippen molar-refractivity contribution in [1.82, 2.24) is 9.47 Å². The minimum absolute atomic E-state index is 0.114. The van der Waals surface area contributed by atoms with Crippen molar-refractivity contribution in [3.63, 3.8) is 0 Å². The Kier molecular flexibility index (Phi) is 4.93. The van der Waals surface area contributed by atoms with Gasteiger partial charge in [-0.1, -0.05) is 6.07 Å². The quantitative estimate of drug-likeness (QED) is 0.863. The van der Waals surface area contributed by atoms with Gasteiger partial charge in [0.1, 0.15) is 5.56 Å². The van der Waals surface area contributed by atoms with Gasteiger partial charge in [0.05, 0.1) is 6.54 Å². The van der Waals surface area contributed by atoms with Gasteiger partial charge in [0.15, 0.2) is 0 Å². The van der Waals surface area contributed by atoms with Gasteiger partial charge in [0.2, 0.25) is 0 Å². The maximum atomic E-state index is 13.0. The number of ether oxygens (including phenoxy) is 1. The van der Waals surface area contributed by atoms with Crippen LogP contribution in [0.5, 0.6) is 0 Å².